The summed E-state index contributed by atoms with van der Waals surface area (Å²) in [6.45, 7) is 6.11. The Morgan fingerprint density at radius 3 is 2.81 bits per heavy atom. The van der Waals surface area contributed by atoms with Crippen molar-refractivity contribution >= 4 is 27.5 Å². The first kappa shape index (κ1) is 14.0. The van der Waals surface area contributed by atoms with E-state index in [4.69, 9.17) is 11.6 Å². The standard InChI is InChI=1S/C12H18BrClN2/c1-3-16(2)7-6-15-9-10-4-5-11(13)8-12(10)14/h4-5,8,15H,3,6-7,9H2,1-2H3. The zero-order chi connectivity index (χ0) is 12.0. The third kappa shape index (κ3) is 4.83. The van der Waals surface area contributed by atoms with Gasteiger partial charge in [0.25, 0.3) is 0 Å². The molecule has 0 bridgehead atoms. The van der Waals surface area contributed by atoms with E-state index in [9.17, 15) is 0 Å². The fraction of sp³-hybridized carbons (Fsp3) is 0.500. The largest absolute Gasteiger partial charge is 0.311 e. The molecule has 0 saturated heterocycles. The highest BCUT2D eigenvalue weighted by molar-refractivity contribution is 9.10. The second kappa shape index (κ2) is 7.28. The molecule has 1 aromatic carbocycles. The maximum absolute atomic E-state index is 6.12. The number of halogens is 2. The van der Waals surface area contributed by atoms with E-state index in [2.05, 4.69) is 40.1 Å². The van der Waals surface area contributed by atoms with Crippen LogP contribution in [0.2, 0.25) is 5.02 Å². The van der Waals surface area contributed by atoms with Gasteiger partial charge in [0.2, 0.25) is 0 Å². The summed E-state index contributed by atoms with van der Waals surface area (Å²) < 4.78 is 1.02. The monoisotopic (exact) mass is 304 g/mol. The second-order valence-corrected chi connectivity index (χ2v) is 5.13. The average Bonchev–Trinajstić information content (AvgIpc) is 2.26. The van der Waals surface area contributed by atoms with Gasteiger partial charge in [-0.05, 0) is 31.3 Å². The molecule has 0 atom stereocenters. The van der Waals surface area contributed by atoms with Crippen LogP contribution in [-0.2, 0) is 6.54 Å². The van der Waals surface area contributed by atoms with E-state index in [1.165, 1.54) is 0 Å². The Labute approximate surface area is 111 Å². The number of nitrogens with zero attached hydrogens (tertiary/aromatic N) is 1. The molecule has 90 valence electrons. The van der Waals surface area contributed by atoms with Crippen LogP contribution < -0.4 is 5.32 Å². The van der Waals surface area contributed by atoms with Crippen LogP contribution in [0.3, 0.4) is 0 Å². The van der Waals surface area contributed by atoms with Gasteiger partial charge in [0.1, 0.15) is 0 Å². The molecular weight excluding hydrogens is 288 g/mol. The van der Waals surface area contributed by atoms with Crippen LogP contribution in [0.1, 0.15) is 12.5 Å². The van der Waals surface area contributed by atoms with Crippen LogP contribution in [0.4, 0.5) is 0 Å². The summed E-state index contributed by atoms with van der Waals surface area (Å²) in [5.74, 6) is 0. The normalized spacial score (nSPS) is 11.1. The highest BCUT2D eigenvalue weighted by atomic mass is 79.9. The van der Waals surface area contributed by atoms with E-state index in [0.29, 0.717) is 0 Å². The third-order valence-electron chi connectivity index (χ3n) is 2.54. The van der Waals surface area contributed by atoms with Gasteiger partial charge in [-0.25, -0.2) is 0 Å². The highest BCUT2D eigenvalue weighted by Gasteiger charge is 2.00. The van der Waals surface area contributed by atoms with Gasteiger partial charge >= 0.3 is 0 Å². The van der Waals surface area contributed by atoms with E-state index in [0.717, 1.165) is 41.2 Å². The minimum atomic E-state index is 0.811. The molecule has 0 amide bonds. The summed E-state index contributed by atoms with van der Waals surface area (Å²) >= 11 is 9.51. The number of nitrogens with one attached hydrogen (secondary N) is 1. The summed E-state index contributed by atoms with van der Waals surface area (Å²) in [5.41, 5.74) is 1.14. The van der Waals surface area contributed by atoms with Crippen molar-refractivity contribution in [1.82, 2.24) is 10.2 Å². The van der Waals surface area contributed by atoms with Crippen LogP contribution in [-0.4, -0.2) is 31.6 Å². The van der Waals surface area contributed by atoms with Crippen molar-refractivity contribution in [2.45, 2.75) is 13.5 Å². The number of rotatable bonds is 6. The van der Waals surface area contributed by atoms with Gasteiger partial charge in [-0.1, -0.05) is 40.5 Å². The Hall–Kier alpha value is -0.0900. The molecule has 16 heavy (non-hydrogen) atoms. The molecule has 0 saturated carbocycles. The van der Waals surface area contributed by atoms with E-state index in [-0.39, 0.29) is 0 Å². The minimum Gasteiger partial charge on any atom is -0.311 e. The number of hydrogen-bond acceptors (Lipinski definition) is 2. The lowest BCUT2D eigenvalue weighted by Gasteiger charge is -2.14. The fourth-order valence-electron chi connectivity index (χ4n) is 1.32. The van der Waals surface area contributed by atoms with E-state index in [1.807, 2.05) is 18.2 Å². The first-order valence-corrected chi connectivity index (χ1v) is 6.63. The Bertz CT molecular complexity index is 331. The molecule has 0 aliphatic heterocycles. The molecule has 0 heterocycles. The lowest BCUT2D eigenvalue weighted by Crippen LogP contribution is -2.28. The van der Waals surface area contributed by atoms with Crippen molar-refractivity contribution < 1.29 is 0 Å². The average molecular weight is 306 g/mol. The van der Waals surface area contributed by atoms with E-state index < -0.39 is 0 Å². The molecular formula is C12H18BrClN2. The lowest BCUT2D eigenvalue weighted by molar-refractivity contribution is 0.349. The van der Waals surface area contributed by atoms with Crippen LogP contribution in [0.15, 0.2) is 22.7 Å². The van der Waals surface area contributed by atoms with Crippen molar-refractivity contribution in [1.29, 1.82) is 0 Å². The van der Waals surface area contributed by atoms with Crippen LogP contribution in [0, 0.1) is 0 Å². The second-order valence-electron chi connectivity index (χ2n) is 3.81. The van der Waals surface area contributed by atoms with Crippen molar-refractivity contribution in [3.8, 4) is 0 Å². The van der Waals surface area contributed by atoms with Gasteiger partial charge in [0.05, 0.1) is 0 Å². The SMILES string of the molecule is CCN(C)CCNCc1ccc(Br)cc1Cl. The first-order chi connectivity index (χ1) is 7.63. The van der Waals surface area contributed by atoms with Crippen molar-refractivity contribution in [2.24, 2.45) is 0 Å². The Morgan fingerprint density at radius 1 is 1.44 bits per heavy atom. The molecule has 0 aliphatic rings. The zero-order valence-corrected chi connectivity index (χ0v) is 12.1. The zero-order valence-electron chi connectivity index (χ0n) is 9.76. The molecule has 1 rings (SSSR count). The van der Waals surface area contributed by atoms with E-state index in [1.54, 1.807) is 0 Å². The Morgan fingerprint density at radius 2 is 2.19 bits per heavy atom. The molecule has 1 N–H and O–H groups in total. The molecule has 0 spiro atoms. The molecule has 4 heteroatoms. The summed E-state index contributed by atoms with van der Waals surface area (Å²) in [7, 11) is 2.12. The minimum absolute atomic E-state index is 0.811. The molecule has 2 nitrogen and oxygen atoms in total. The van der Waals surface area contributed by atoms with Crippen LogP contribution in [0.5, 0.6) is 0 Å². The Balaban J connectivity index is 2.32. The fourth-order valence-corrected chi connectivity index (χ4v) is 2.06. The predicted molar refractivity (Wildman–Crippen MR) is 74.0 cm³/mol. The van der Waals surface area contributed by atoms with Crippen LogP contribution >= 0.6 is 27.5 Å². The van der Waals surface area contributed by atoms with Gasteiger partial charge in [-0.2, -0.15) is 0 Å². The third-order valence-corrected chi connectivity index (χ3v) is 3.39. The summed E-state index contributed by atoms with van der Waals surface area (Å²) in [4.78, 5) is 2.27. The van der Waals surface area contributed by atoms with Crippen molar-refractivity contribution in [3.63, 3.8) is 0 Å². The maximum Gasteiger partial charge on any atom is 0.0462 e. The first-order valence-electron chi connectivity index (χ1n) is 5.46. The smallest absolute Gasteiger partial charge is 0.0462 e. The molecule has 1 aromatic rings. The van der Waals surface area contributed by atoms with Gasteiger partial charge < -0.3 is 10.2 Å². The lowest BCUT2D eigenvalue weighted by atomic mass is 10.2. The number of hydrogen-bond donors (Lipinski definition) is 1. The van der Waals surface area contributed by atoms with Gasteiger partial charge in [0, 0.05) is 29.1 Å². The van der Waals surface area contributed by atoms with Gasteiger partial charge in [0.15, 0.2) is 0 Å². The van der Waals surface area contributed by atoms with E-state index >= 15 is 0 Å². The van der Waals surface area contributed by atoms with Gasteiger partial charge in [-0.15, -0.1) is 0 Å². The van der Waals surface area contributed by atoms with Crippen molar-refractivity contribution in [3.05, 3.63) is 33.3 Å². The molecule has 0 aliphatic carbocycles. The topological polar surface area (TPSA) is 15.3 Å². The van der Waals surface area contributed by atoms with Crippen LogP contribution in [0.25, 0.3) is 0 Å². The highest BCUT2D eigenvalue weighted by Crippen LogP contribution is 2.20. The Kier molecular flexibility index (Phi) is 6.36. The summed E-state index contributed by atoms with van der Waals surface area (Å²) in [6, 6.07) is 5.99. The number of benzene rings is 1. The van der Waals surface area contributed by atoms with Gasteiger partial charge in [-0.3, -0.25) is 0 Å². The quantitative estimate of drug-likeness (QED) is 0.812. The number of likely N-dealkylation sites (N-methyl/N-ethyl adjacent to an activating group) is 1. The molecule has 0 aromatic heterocycles. The molecule has 0 radical (unpaired) electrons. The van der Waals surface area contributed by atoms with Crippen molar-refractivity contribution in [2.75, 3.05) is 26.7 Å². The maximum atomic E-state index is 6.12. The summed E-state index contributed by atoms with van der Waals surface area (Å²) in [6.07, 6.45) is 0. The predicted octanol–water partition coefficient (Wildman–Crippen LogP) is 3.14. The molecule has 0 fully saturated rings. The molecule has 0 unspecified atom stereocenters. The summed E-state index contributed by atoms with van der Waals surface area (Å²) in [5, 5.41) is 4.20.